The highest BCUT2D eigenvalue weighted by molar-refractivity contribution is 9.11. The smallest absolute Gasteiger partial charge is 0.0886 e. The zero-order valence-electron chi connectivity index (χ0n) is 15.5. The number of aromatic nitrogens is 2. The Morgan fingerprint density at radius 2 is 1.89 bits per heavy atom. The lowest BCUT2D eigenvalue weighted by Crippen LogP contribution is -2.56. The molecule has 1 aromatic heterocycles. The fourth-order valence-electron chi connectivity index (χ4n) is 4.37. The second-order valence-electron chi connectivity index (χ2n) is 7.21. The van der Waals surface area contributed by atoms with E-state index in [0.717, 1.165) is 30.5 Å². The number of hydrogen-bond acceptors (Lipinski definition) is 5. The molecule has 27 heavy (non-hydrogen) atoms. The van der Waals surface area contributed by atoms with E-state index in [0.29, 0.717) is 12.1 Å². The van der Waals surface area contributed by atoms with Crippen molar-refractivity contribution >= 4 is 27.0 Å². The van der Waals surface area contributed by atoms with Gasteiger partial charge in [0, 0.05) is 54.8 Å². The molecule has 2 saturated heterocycles. The average Bonchev–Trinajstić information content (AvgIpc) is 3.17. The minimum Gasteiger partial charge on any atom is -0.368 e. The van der Waals surface area contributed by atoms with E-state index in [4.69, 9.17) is 5.73 Å². The summed E-state index contributed by atoms with van der Waals surface area (Å²) in [6.45, 7) is 4.21. The van der Waals surface area contributed by atoms with Crippen LogP contribution in [-0.4, -0.2) is 58.0 Å². The van der Waals surface area contributed by atoms with Crippen LogP contribution in [0.3, 0.4) is 0 Å². The maximum absolute atomic E-state index is 5.75. The lowest BCUT2D eigenvalue weighted by molar-refractivity contribution is 0.0960. The number of halogens is 1. The van der Waals surface area contributed by atoms with E-state index < -0.39 is 0 Å². The third-order valence-corrected chi connectivity index (χ3v) is 6.22. The fourth-order valence-corrected chi connectivity index (χ4v) is 5.05. The number of hydrogen-bond donors (Lipinski definition) is 1. The number of fused-ring (bicyclic) bond motifs is 4. The zero-order chi connectivity index (χ0) is 18.6. The van der Waals surface area contributed by atoms with Gasteiger partial charge < -0.3 is 10.6 Å². The van der Waals surface area contributed by atoms with Crippen LogP contribution in [0.15, 0.2) is 59.0 Å². The van der Waals surface area contributed by atoms with Gasteiger partial charge in [-0.05, 0) is 47.3 Å². The molecule has 2 atom stereocenters. The number of benzene rings is 1. The second kappa shape index (κ2) is 8.50. The Balaban J connectivity index is 0.000000153. The molecule has 3 aliphatic rings. The summed E-state index contributed by atoms with van der Waals surface area (Å²) in [6, 6.07) is 9.07. The third-order valence-electron chi connectivity index (χ3n) is 5.55. The number of nitrogens with zero attached hydrogens (tertiary/aromatic N) is 4. The minimum absolute atomic E-state index is 0.548. The first-order valence-electron chi connectivity index (χ1n) is 9.70. The molecule has 1 aliphatic carbocycles. The van der Waals surface area contributed by atoms with Crippen LogP contribution in [0.25, 0.3) is 11.0 Å². The van der Waals surface area contributed by atoms with Crippen molar-refractivity contribution < 1.29 is 0 Å². The van der Waals surface area contributed by atoms with Crippen molar-refractivity contribution in [3.8, 4) is 0 Å². The summed E-state index contributed by atoms with van der Waals surface area (Å²) < 4.78 is 1.28. The Bertz CT molecular complexity index is 784. The van der Waals surface area contributed by atoms with Crippen molar-refractivity contribution in [1.29, 1.82) is 0 Å². The summed E-state index contributed by atoms with van der Waals surface area (Å²) in [5.41, 5.74) is 9.16. The van der Waals surface area contributed by atoms with E-state index in [-0.39, 0.29) is 0 Å². The van der Waals surface area contributed by atoms with E-state index in [2.05, 4.69) is 47.8 Å². The Hall–Kier alpha value is -1.76. The molecule has 0 spiro atoms. The van der Waals surface area contributed by atoms with Crippen LogP contribution in [0, 0.1) is 0 Å². The van der Waals surface area contributed by atoms with Gasteiger partial charge in [0.05, 0.1) is 17.1 Å². The van der Waals surface area contributed by atoms with Crippen LogP contribution in [0.1, 0.15) is 19.3 Å². The first-order valence-corrected chi connectivity index (χ1v) is 10.5. The number of nitrogens with two attached hydrogens (primary N) is 1. The summed E-state index contributed by atoms with van der Waals surface area (Å²) in [7, 11) is 0. The molecule has 2 N–H and O–H groups in total. The maximum Gasteiger partial charge on any atom is 0.0886 e. The normalized spacial score (nSPS) is 24.4. The molecule has 3 heterocycles. The molecule has 0 bridgehead atoms. The first kappa shape index (κ1) is 18.6. The topological polar surface area (TPSA) is 58.3 Å². The summed E-state index contributed by atoms with van der Waals surface area (Å²) in [5, 5.41) is 0. The Morgan fingerprint density at radius 1 is 1.15 bits per heavy atom. The maximum atomic E-state index is 5.75. The number of piperazine rings is 1. The summed E-state index contributed by atoms with van der Waals surface area (Å²) in [5.74, 6) is 0. The van der Waals surface area contributed by atoms with Gasteiger partial charge in [-0.1, -0.05) is 24.3 Å². The quantitative estimate of drug-likeness (QED) is 0.796. The van der Waals surface area contributed by atoms with Crippen molar-refractivity contribution in [2.75, 3.05) is 26.2 Å². The van der Waals surface area contributed by atoms with E-state index >= 15 is 0 Å². The van der Waals surface area contributed by atoms with Crippen LogP contribution in [0.4, 0.5) is 0 Å². The summed E-state index contributed by atoms with van der Waals surface area (Å²) in [4.78, 5) is 13.4. The van der Waals surface area contributed by atoms with Gasteiger partial charge in [-0.2, -0.15) is 0 Å². The SMILES string of the molecule is NCCN1CC2CCCN2C2=C(Br)C=CCC21.c1ccc2nccnc2c1. The predicted octanol–water partition coefficient (Wildman–Crippen LogP) is 3.29. The molecule has 5 nitrogen and oxygen atoms in total. The molecule has 5 rings (SSSR count). The fraction of sp³-hybridized carbons (Fsp3) is 0.429. The Labute approximate surface area is 169 Å². The van der Waals surface area contributed by atoms with Gasteiger partial charge >= 0.3 is 0 Å². The second-order valence-corrected chi connectivity index (χ2v) is 8.06. The van der Waals surface area contributed by atoms with E-state index in [1.165, 1.54) is 36.1 Å². The van der Waals surface area contributed by atoms with Crippen LogP contribution in [-0.2, 0) is 0 Å². The predicted molar refractivity (Wildman–Crippen MR) is 113 cm³/mol. The van der Waals surface area contributed by atoms with E-state index in [9.17, 15) is 0 Å². The van der Waals surface area contributed by atoms with Gasteiger partial charge in [-0.15, -0.1) is 0 Å². The van der Waals surface area contributed by atoms with Gasteiger partial charge in [-0.3, -0.25) is 14.9 Å². The number of allylic oxidation sites excluding steroid dienone is 2. The van der Waals surface area contributed by atoms with Crippen molar-refractivity contribution in [1.82, 2.24) is 19.8 Å². The molecular weight excluding hydrogens is 402 g/mol. The summed E-state index contributed by atoms with van der Waals surface area (Å²) in [6.07, 6.45) is 11.7. The molecule has 2 aromatic rings. The lowest BCUT2D eigenvalue weighted by Gasteiger charge is -2.47. The number of rotatable bonds is 2. The van der Waals surface area contributed by atoms with Crippen LogP contribution in [0.5, 0.6) is 0 Å². The molecule has 0 amide bonds. The molecule has 0 saturated carbocycles. The standard InChI is InChI=1S/C13H20BrN3.C8H6N2/c14-11-4-1-5-12-13(11)17-7-2-3-10(17)9-16(12)8-6-15;1-2-4-8-7(3-1)9-5-6-10-8/h1,4,10,12H,2-3,5-9,15H2;1-6H. The molecule has 142 valence electrons. The molecule has 6 heteroatoms. The highest BCUT2D eigenvalue weighted by atomic mass is 79.9. The van der Waals surface area contributed by atoms with Crippen molar-refractivity contribution in [3.05, 3.63) is 59.0 Å². The van der Waals surface area contributed by atoms with Crippen molar-refractivity contribution in [2.24, 2.45) is 5.73 Å². The van der Waals surface area contributed by atoms with Crippen molar-refractivity contribution in [3.63, 3.8) is 0 Å². The van der Waals surface area contributed by atoms with Gasteiger partial charge in [-0.25, -0.2) is 0 Å². The van der Waals surface area contributed by atoms with Gasteiger partial charge in [0.2, 0.25) is 0 Å². The first-order chi connectivity index (χ1) is 13.3. The Morgan fingerprint density at radius 3 is 2.59 bits per heavy atom. The van der Waals surface area contributed by atoms with E-state index in [1.54, 1.807) is 12.4 Å². The molecular formula is C21H26BrN5. The molecule has 2 aliphatic heterocycles. The van der Waals surface area contributed by atoms with Gasteiger partial charge in [0.15, 0.2) is 0 Å². The highest BCUT2D eigenvalue weighted by Crippen LogP contribution is 2.38. The molecule has 1 aromatic carbocycles. The van der Waals surface area contributed by atoms with Crippen LogP contribution in [0.2, 0.25) is 0 Å². The van der Waals surface area contributed by atoms with Crippen LogP contribution < -0.4 is 5.73 Å². The average molecular weight is 428 g/mol. The largest absolute Gasteiger partial charge is 0.368 e. The van der Waals surface area contributed by atoms with Crippen molar-refractivity contribution in [2.45, 2.75) is 31.3 Å². The van der Waals surface area contributed by atoms with E-state index in [1.807, 2.05) is 24.3 Å². The zero-order valence-corrected chi connectivity index (χ0v) is 17.1. The lowest BCUT2D eigenvalue weighted by atomic mass is 9.96. The Kier molecular flexibility index (Phi) is 5.86. The van der Waals surface area contributed by atoms with Gasteiger partial charge in [0.25, 0.3) is 0 Å². The highest BCUT2D eigenvalue weighted by Gasteiger charge is 2.40. The third kappa shape index (κ3) is 3.93. The minimum atomic E-state index is 0.548. The molecule has 2 unspecified atom stereocenters. The van der Waals surface area contributed by atoms with Crippen LogP contribution >= 0.6 is 15.9 Å². The summed E-state index contributed by atoms with van der Waals surface area (Å²) >= 11 is 3.74. The van der Waals surface area contributed by atoms with Gasteiger partial charge in [0.1, 0.15) is 0 Å². The molecule has 2 fully saturated rings. The number of para-hydroxylation sites is 2. The molecule has 0 radical (unpaired) electrons. The monoisotopic (exact) mass is 427 g/mol.